The number of fused-ring (bicyclic) bond motifs is 2. The molecule has 5 nitrogen and oxygen atoms in total. The van der Waals surface area contributed by atoms with Gasteiger partial charge in [-0.2, -0.15) is 10.1 Å². The molecule has 0 spiro atoms. The van der Waals surface area contributed by atoms with Crippen LogP contribution in [-0.2, 0) is 9.59 Å². The summed E-state index contributed by atoms with van der Waals surface area (Å²) in [6.07, 6.45) is 0.165. The molecule has 0 atom stereocenters. The molecule has 3 aromatic rings. The molecule has 0 N–H and O–H groups in total. The minimum absolute atomic E-state index is 0.165. The predicted molar refractivity (Wildman–Crippen MR) is 125 cm³/mol. The van der Waals surface area contributed by atoms with Crippen LogP contribution in [0.15, 0.2) is 93.8 Å². The lowest BCUT2D eigenvalue weighted by atomic mass is 10.1. The summed E-state index contributed by atoms with van der Waals surface area (Å²) in [5.41, 5.74) is 3.63. The molecular weight excluding hydrogens is 406 g/mol. The summed E-state index contributed by atoms with van der Waals surface area (Å²) in [5, 5.41) is 5.31. The van der Waals surface area contributed by atoms with E-state index in [0.717, 1.165) is 31.7 Å². The molecule has 0 radical (unpaired) electrons. The number of hydrogen-bond donors (Lipinski definition) is 0. The van der Waals surface area contributed by atoms with E-state index in [1.807, 2.05) is 54.6 Å². The number of carbonyl (C=O) groups is 2. The molecular formula is C25H23N3O2S. The van der Waals surface area contributed by atoms with E-state index >= 15 is 0 Å². The van der Waals surface area contributed by atoms with Gasteiger partial charge in [-0.1, -0.05) is 66.4 Å². The van der Waals surface area contributed by atoms with E-state index in [0.29, 0.717) is 12.3 Å². The van der Waals surface area contributed by atoms with Crippen molar-refractivity contribution in [3.05, 3.63) is 84.4 Å². The lowest BCUT2D eigenvalue weighted by Gasteiger charge is -2.32. The molecule has 0 aliphatic carbocycles. The van der Waals surface area contributed by atoms with E-state index in [2.05, 4.69) is 34.3 Å². The van der Waals surface area contributed by atoms with Crippen molar-refractivity contribution in [1.82, 2.24) is 5.01 Å². The number of imide groups is 1. The number of amides is 2. The molecule has 1 aliphatic heterocycles. The smallest absolute Gasteiger partial charge is 0.251 e. The molecule has 156 valence electrons. The Kier molecular flexibility index (Phi) is 6.18. The van der Waals surface area contributed by atoms with E-state index in [1.54, 1.807) is 18.7 Å². The van der Waals surface area contributed by atoms with Crippen LogP contribution in [0, 0.1) is 0 Å². The van der Waals surface area contributed by atoms with Crippen LogP contribution in [-0.4, -0.2) is 29.1 Å². The normalized spacial score (nSPS) is 12.7. The van der Waals surface area contributed by atoms with Gasteiger partial charge in [0, 0.05) is 29.7 Å². The zero-order valence-electron chi connectivity index (χ0n) is 17.5. The van der Waals surface area contributed by atoms with Crippen LogP contribution in [0.1, 0.15) is 25.8 Å². The molecule has 0 unspecified atom stereocenters. The number of para-hydroxylation sites is 2. The Balaban J connectivity index is 1.56. The first-order chi connectivity index (χ1) is 15.0. The molecule has 31 heavy (non-hydrogen) atoms. The maximum atomic E-state index is 13.0. The highest BCUT2D eigenvalue weighted by Crippen LogP contribution is 2.47. The summed E-state index contributed by atoms with van der Waals surface area (Å²) >= 11 is 1.72. The SMILES string of the molecule is CC(=O)N(/N=C(\C)c1ccccc1)C(=O)CCN1c2ccccc2Sc2ccccc21. The molecule has 0 aromatic heterocycles. The molecule has 0 saturated carbocycles. The highest BCUT2D eigenvalue weighted by atomic mass is 32.2. The van der Waals surface area contributed by atoms with Crippen molar-refractivity contribution in [3.63, 3.8) is 0 Å². The Morgan fingerprint density at radius 1 is 0.839 bits per heavy atom. The molecule has 1 aliphatic rings. The number of rotatable bonds is 5. The van der Waals surface area contributed by atoms with Crippen LogP contribution in [0.5, 0.6) is 0 Å². The molecule has 6 heteroatoms. The first kappa shape index (κ1) is 20.9. The van der Waals surface area contributed by atoms with E-state index < -0.39 is 5.91 Å². The molecule has 4 rings (SSSR count). The topological polar surface area (TPSA) is 53.0 Å². The van der Waals surface area contributed by atoms with Gasteiger partial charge < -0.3 is 4.90 Å². The highest BCUT2D eigenvalue weighted by Gasteiger charge is 2.25. The summed E-state index contributed by atoms with van der Waals surface area (Å²) in [4.78, 5) is 29.6. The number of carbonyl (C=O) groups excluding carboxylic acids is 2. The van der Waals surface area contributed by atoms with Crippen LogP contribution in [0.2, 0.25) is 0 Å². The maximum absolute atomic E-state index is 13.0. The van der Waals surface area contributed by atoms with Gasteiger partial charge in [0.25, 0.3) is 5.91 Å². The Hall–Kier alpha value is -3.38. The zero-order chi connectivity index (χ0) is 21.8. The first-order valence-corrected chi connectivity index (χ1v) is 10.9. The van der Waals surface area contributed by atoms with Gasteiger partial charge in [-0.15, -0.1) is 0 Å². The molecule has 0 bridgehead atoms. The van der Waals surface area contributed by atoms with Crippen molar-refractivity contribution < 1.29 is 9.59 Å². The number of nitrogens with zero attached hydrogens (tertiary/aromatic N) is 3. The van der Waals surface area contributed by atoms with Gasteiger partial charge in [0.05, 0.1) is 17.1 Å². The van der Waals surface area contributed by atoms with Gasteiger partial charge >= 0.3 is 0 Å². The Morgan fingerprint density at radius 3 is 1.97 bits per heavy atom. The summed E-state index contributed by atoms with van der Waals surface area (Å²) in [7, 11) is 0. The minimum atomic E-state index is -0.393. The van der Waals surface area contributed by atoms with Crippen LogP contribution >= 0.6 is 11.8 Å². The summed E-state index contributed by atoms with van der Waals surface area (Å²) in [6.45, 7) is 3.62. The third kappa shape index (κ3) is 4.54. The third-order valence-corrected chi connectivity index (χ3v) is 6.19. The fourth-order valence-corrected chi connectivity index (χ4v) is 4.62. The van der Waals surface area contributed by atoms with Gasteiger partial charge in [-0.25, -0.2) is 0 Å². The monoisotopic (exact) mass is 429 g/mol. The first-order valence-electron chi connectivity index (χ1n) is 10.1. The Labute approximate surface area is 186 Å². The zero-order valence-corrected chi connectivity index (χ0v) is 18.3. The van der Waals surface area contributed by atoms with Gasteiger partial charge in [0.1, 0.15) is 0 Å². The standard InChI is InChI=1S/C25H23N3O2S/c1-18(20-10-4-3-5-11-20)26-28(19(2)29)25(30)16-17-27-21-12-6-8-14-23(21)31-24-15-9-7-13-22(24)27/h3-15H,16-17H2,1-2H3/b26-18+. The fourth-order valence-electron chi connectivity index (χ4n) is 3.52. The summed E-state index contributed by atoms with van der Waals surface area (Å²) in [6, 6.07) is 25.8. The van der Waals surface area contributed by atoms with Crippen LogP contribution < -0.4 is 4.90 Å². The fraction of sp³-hybridized carbons (Fsp3) is 0.160. The average Bonchev–Trinajstić information content (AvgIpc) is 2.80. The predicted octanol–water partition coefficient (Wildman–Crippen LogP) is 5.48. The number of benzene rings is 3. The van der Waals surface area contributed by atoms with Crippen molar-refractivity contribution >= 4 is 40.7 Å². The largest absolute Gasteiger partial charge is 0.339 e. The molecule has 0 fully saturated rings. The van der Waals surface area contributed by atoms with E-state index in [4.69, 9.17) is 0 Å². The second-order valence-electron chi connectivity index (χ2n) is 7.22. The van der Waals surface area contributed by atoms with Gasteiger partial charge in [0.2, 0.25) is 5.91 Å². The molecule has 0 saturated heterocycles. The van der Waals surface area contributed by atoms with E-state index in [1.165, 1.54) is 6.92 Å². The molecule has 3 aromatic carbocycles. The molecule has 2 amide bonds. The quantitative estimate of drug-likeness (QED) is 0.398. The minimum Gasteiger partial charge on any atom is -0.339 e. The van der Waals surface area contributed by atoms with Crippen LogP contribution in [0.3, 0.4) is 0 Å². The van der Waals surface area contributed by atoms with Gasteiger partial charge in [-0.3, -0.25) is 9.59 Å². The number of hydrazone groups is 1. The van der Waals surface area contributed by atoms with Crippen LogP contribution in [0.4, 0.5) is 11.4 Å². The Bertz CT molecular complexity index is 1100. The second kappa shape index (κ2) is 9.18. The van der Waals surface area contributed by atoms with Crippen molar-refractivity contribution in [1.29, 1.82) is 0 Å². The lowest BCUT2D eigenvalue weighted by molar-refractivity contribution is -0.143. The summed E-state index contributed by atoms with van der Waals surface area (Å²) < 4.78 is 0. The Morgan fingerprint density at radius 2 is 1.39 bits per heavy atom. The second-order valence-corrected chi connectivity index (χ2v) is 8.30. The van der Waals surface area contributed by atoms with Gasteiger partial charge in [0.15, 0.2) is 0 Å². The maximum Gasteiger partial charge on any atom is 0.251 e. The lowest BCUT2D eigenvalue weighted by Crippen LogP contribution is -2.34. The third-order valence-electron chi connectivity index (χ3n) is 5.06. The van der Waals surface area contributed by atoms with Crippen molar-refractivity contribution in [2.24, 2.45) is 5.10 Å². The number of hydrogen-bond acceptors (Lipinski definition) is 5. The van der Waals surface area contributed by atoms with Crippen LogP contribution in [0.25, 0.3) is 0 Å². The van der Waals surface area contributed by atoms with Gasteiger partial charge in [-0.05, 0) is 36.8 Å². The van der Waals surface area contributed by atoms with Crippen molar-refractivity contribution in [2.45, 2.75) is 30.1 Å². The van der Waals surface area contributed by atoms with E-state index in [9.17, 15) is 9.59 Å². The van der Waals surface area contributed by atoms with E-state index in [-0.39, 0.29) is 12.3 Å². The molecule has 1 heterocycles. The van der Waals surface area contributed by atoms with Crippen molar-refractivity contribution in [3.8, 4) is 0 Å². The summed E-state index contributed by atoms with van der Waals surface area (Å²) in [5.74, 6) is -0.716. The van der Waals surface area contributed by atoms with Crippen molar-refractivity contribution in [2.75, 3.05) is 11.4 Å². The average molecular weight is 430 g/mol. The highest BCUT2D eigenvalue weighted by molar-refractivity contribution is 7.99. The number of anilines is 2.